The van der Waals surface area contributed by atoms with Gasteiger partial charge in [-0.15, -0.1) is 0 Å². The molecule has 0 saturated heterocycles. The van der Waals surface area contributed by atoms with E-state index in [9.17, 15) is 19.7 Å². The fourth-order valence-corrected chi connectivity index (χ4v) is 1.44. The highest BCUT2D eigenvalue weighted by molar-refractivity contribution is 6.04. The van der Waals surface area contributed by atoms with Crippen molar-refractivity contribution in [2.24, 2.45) is 0 Å². The minimum atomic E-state index is -0.734. The molecular weight excluding hydrogens is 276 g/mol. The first-order chi connectivity index (χ1) is 10.0. The van der Waals surface area contributed by atoms with Gasteiger partial charge in [-0.05, 0) is 18.2 Å². The van der Waals surface area contributed by atoms with Gasteiger partial charge in [0.1, 0.15) is 13.0 Å². The number of rotatable bonds is 7. The standard InChI is InChI=1S/C14H12N2O5/c15-8-3-9-21-14(18)10-12(17)7-6-11-4-1-2-5-13(11)16(19)20/h1-2,4-7H,3,9-10H2. The predicted octanol–water partition coefficient (Wildman–Crippen LogP) is 2.02. The van der Waals surface area contributed by atoms with E-state index in [0.717, 1.165) is 6.08 Å². The highest BCUT2D eigenvalue weighted by atomic mass is 16.6. The average Bonchev–Trinajstić information content (AvgIpc) is 2.45. The largest absolute Gasteiger partial charge is 0.464 e. The molecule has 0 unspecified atom stereocenters. The van der Waals surface area contributed by atoms with Gasteiger partial charge < -0.3 is 4.74 Å². The van der Waals surface area contributed by atoms with E-state index in [-0.39, 0.29) is 24.3 Å². The van der Waals surface area contributed by atoms with E-state index in [4.69, 9.17) is 5.26 Å². The Morgan fingerprint density at radius 1 is 1.38 bits per heavy atom. The zero-order valence-corrected chi connectivity index (χ0v) is 11.0. The molecule has 0 bridgehead atoms. The van der Waals surface area contributed by atoms with E-state index in [0.29, 0.717) is 0 Å². The Hall–Kier alpha value is -3.01. The molecule has 0 spiro atoms. The lowest BCUT2D eigenvalue weighted by atomic mass is 10.1. The lowest BCUT2D eigenvalue weighted by Gasteiger charge is -1.99. The van der Waals surface area contributed by atoms with Gasteiger partial charge in [0.2, 0.25) is 0 Å². The number of esters is 1. The van der Waals surface area contributed by atoms with Crippen LogP contribution in [0.1, 0.15) is 18.4 Å². The molecule has 0 aliphatic rings. The topological polar surface area (TPSA) is 110 Å². The van der Waals surface area contributed by atoms with Crippen LogP contribution in [0.3, 0.4) is 0 Å². The van der Waals surface area contributed by atoms with Crippen molar-refractivity contribution in [3.05, 3.63) is 46.0 Å². The maximum absolute atomic E-state index is 11.5. The number of nitriles is 1. The summed E-state index contributed by atoms with van der Waals surface area (Å²) in [6.45, 7) is -0.0590. The van der Waals surface area contributed by atoms with Crippen LogP contribution in [-0.4, -0.2) is 23.3 Å². The number of nitro benzene ring substituents is 1. The highest BCUT2D eigenvalue weighted by Gasteiger charge is 2.11. The molecule has 1 aromatic rings. The van der Waals surface area contributed by atoms with E-state index >= 15 is 0 Å². The summed E-state index contributed by atoms with van der Waals surface area (Å²) in [5, 5.41) is 19.0. The number of allylic oxidation sites excluding steroid dienone is 1. The predicted molar refractivity (Wildman–Crippen MR) is 72.9 cm³/mol. The van der Waals surface area contributed by atoms with Crippen LogP contribution in [0.4, 0.5) is 5.69 Å². The molecule has 0 atom stereocenters. The molecule has 0 aliphatic carbocycles. The molecule has 21 heavy (non-hydrogen) atoms. The van der Waals surface area contributed by atoms with Gasteiger partial charge >= 0.3 is 5.97 Å². The summed E-state index contributed by atoms with van der Waals surface area (Å²) in [7, 11) is 0. The second-order valence-corrected chi connectivity index (χ2v) is 3.92. The molecule has 0 heterocycles. The summed E-state index contributed by atoms with van der Waals surface area (Å²) < 4.78 is 4.64. The molecule has 0 fully saturated rings. The van der Waals surface area contributed by atoms with Crippen molar-refractivity contribution in [1.29, 1.82) is 5.26 Å². The molecule has 1 aromatic carbocycles. The average molecular weight is 288 g/mol. The van der Waals surface area contributed by atoms with Crippen molar-refractivity contribution in [3.63, 3.8) is 0 Å². The monoisotopic (exact) mass is 288 g/mol. The van der Waals surface area contributed by atoms with Crippen LogP contribution in [-0.2, 0) is 14.3 Å². The normalized spacial score (nSPS) is 10.0. The Balaban J connectivity index is 2.61. The summed E-state index contributed by atoms with van der Waals surface area (Å²) in [4.78, 5) is 33.0. The van der Waals surface area contributed by atoms with E-state index in [2.05, 4.69) is 4.74 Å². The second kappa shape index (κ2) is 8.22. The lowest BCUT2D eigenvalue weighted by molar-refractivity contribution is -0.385. The molecule has 0 aromatic heterocycles. The van der Waals surface area contributed by atoms with Gasteiger partial charge in [-0.3, -0.25) is 19.7 Å². The molecule has 0 radical (unpaired) electrons. The van der Waals surface area contributed by atoms with Crippen molar-refractivity contribution in [2.75, 3.05) is 6.61 Å². The van der Waals surface area contributed by atoms with E-state index in [1.165, 1.54) is 24.3 Å². The summed E-state index contributed by atoms with van der Waals surface area (Å²) in [5.74, 6) is -1.27. The van der Waals surface area contributed by atoms with Crippen molar-refractivity contribution >= 4 is 23.5 Å². The molecule has 7 nitrogen and oxygen atoms in total. The molecule has 0 aliphatic heterocycles. The molecule has 7 heteroatoms. The fourth-order valence-electron chi connectivity index (χ4n) is 1.44. The fraction of sp³-hybridized carbons (Fsp3) is 0.214. The van der Waals surface area contributed by atoms with Crippen LogP contribution < -0.4 is 0 Å². The van der Waals surface area contributed by atoms with Gasteiger partial charge in [0, 0.05) is 6.07 Å². The van der Waals surface area contributed by atoms with Crippen LogP contribution in [0, 0.1) is 21.4 Å². The maximum atomic E-state index is 11.5. The van der Waals surface area contributed by atoms with Crippen LogP contribution in [0.25, 0.3) is 6.08 Å². The third kappa shape index (κ3) is 5.65. The Labute approximate surface area is 120 Å². The lowest BCUT2D eigenvalue weighted by Crippen LogP contribution is -2.10. The first kappa shape index (κ1) is 16.0. The third-order valence-corrected chi connectivity index (χ3v) is 2.38. The Kier molecular flexibility index (Phi) is 6.28. The second-order valence-electron chi connectivity index (χ2n) is 3.92. The zero-order valence-electron chi connectivity index (χ0n) is 11.0. The third-order valence-electron chi connectivity index (χ3n) is 2.38. The highest BCUT2D eigenvalue weighted by Crippen LogP contribution is 2.18. The molecular formula is C14H12N2O5. The summed E-state index contributed by atoms with van der Waals surface area (Å²) in [6, 6.07) is 7.74. The Morgan fingerprint density at radius 2 is 2.10 bits per heavy atom. The maximum Gasteiger partial charge on any atom is 0.313 e. The molecule has 0 amide bonds. The number of para-hydroxylation sites is 1. The molecule has 108 valence electrons. The first-order valence-corrected chi connectivity index (χ1v) is 6.01. The smallest absolute Gasteiger partial charge is 0.313 e. The van der Waals surface area contributed by atoms with Crippen molar-refractivity contribution in [1.82, 2.24) is 0 Å². The van der Waals surface area contributed by atoms with Crippen molar-refractivity contribution < 1.29 is 19.2 Å². The minimum Gasteiger partial charge on any atom is -0.464 e. The number of hydrogen-bond acceptors (Lipinski definition) is 6. The number of hydrogen-bond donors (Lipinski definition) is 0. The number of nitrogens with zero attached hydrogens (tertiary/aromatic N) is 2. The van der Waals surface area contributed by atoms with E-state index < -0.39 is 23.1 Å². The number of benzene rings is 1. The van der Waals surface area contributed by atoms with Crippen LogP contribution in [0.2, 0.25) is 0 Å². The van der Waals surface area contributed by atoms with Gasteiger partial charge in [0.05, 0.1) is 23.0 Å². The molecule has 1 rings (SSSR count). The minimum absolute atomic E-state index is 0.0590. The first-order valence-electron chi connectivity index (χ1n) is 6.01. The van der Waals surface area contributed by atoms with Gasteiger partial charge in [0.25, 0.3) is 5.69 Å². The number of ketones is 1. The number of nitro groups is 1. The Morgan fingerprint density at radius 3 is 2.76 bits per heavy atom. The zero-order chi connectivity index (χ0) is 15.7. The number of carbonyl (C=O) groups excluding carboxylic acids is 2. The van der Waals surface area contributed by atoms with E-state index in [1.54, 1.807) is 12.1 Å². The Bertz CT molecular complexity index is 616. The van der Waals surface area contributed by atoms with Gasteiger partial charge in [-0.2, -0.15) is 5.26 Å². The summed E-state index contributed by atoms with van der Waals surface area (Å²) >= 11 is 0. The van der Waals surface area contributed by atoms with Gasteiger partial charge in [-0.25, -0.2) is 0 Å². The summed E-state index contributed by atoms with van der Waals surface area (Å²) in [6.07, 6.45) is 1.96. The van der Waals surface area contributed by atoms with Crippen LogP contribution >= 0.6 is 0 Å². The van der Waals surface area contributed by atoms with Crippen LogP contribution in [0.5, 0.6) is 0 Å². The number of carbonyl (C=O) groups is 2. The van der Waals surface area contributed by atoms with Gasteiger partial charge in [0.15, 0.2) is 5.78 Å². The quantitative estimate of drug-likeness (QED) is 0.189. The SMILES string of the molecule is N#CCCOC(=O)CC(=O)C=Cc1ccccc1[N+](=O)[O-]. The summed E-state index contributed by atoms with van der Waals surface area (Å²) in [5.41, 5.74) is 0.145. The van der Waals surface area contributed by atoms with Crippen molar-refractivity contribution in [3.8, 4) is 6.07 Å². The number of ether oxygens (including phenoxy) is 1. The molecule has 0 saturated carbocycles. The van der Waals surface area contributed by atoms with E-state index in [1.807, 2.05) is 0 Å². The van der Waals surface area contributed by atoms with Gasteiger partial charge in [-0.1, -0.05) is 12.1 Å². The van der Waals surface area contributed by atoms with Crippen molar-refractivity contribution in [2.45, 2.75) is 12.8 Å². The molecule has 0 N–H and O–H groups in total. The van der Waals surface area contributed by atoms with Crippen LogP contribution in [0.15, 0.2) is 30.3 Å².